The molecule has 2 aromatic carbocycles. The van der Waals surface area contributed by atoms with Crippen molar-refractivity contribution in [3.63, 3.8) is 0 Å². The molecule has 3 aromatic rings. The van der Waals surface area contributed by atoms with Crippen molar-refractivity contribution in [3.05, 3.63) is 95.3 Å². The monoisotopic (exact) mass is 387 g/mol. The van der Waals surface area contributed by atoms with E-state index in [0.717, 1.165) is 28.1 Å². The van der Waals surface area contributed by atoms with Crippen molar-refractivity contribution in [3.8, 4) is 11.5 Å². The molecule has 2 heterocycles. The van der Waals surface area contributed by atoms with Crippen LogP contribution in [0.3, 0.4) is 0 Å². The lowest BCUT2D eigenvalue weighted by atomic mass is 10.0. The van der Waals surface area contributed by atoms with E-state index in [0.29, 0.717) is 5.56 Å². The lowest BCUT2D eigenvalue weighted by molar-refractivity contribution is 0.0672. The van der Waals surface area contributed by atoms with Gasteiger partial charge in [0.2, 0.25) is 0 Å². The van der Waals surface area contributed by atoms with Crippen LogP contribution in [0.25, 0.3) is 5.70 Å². The summed E-state index contributed by atoms with van der Waals surface area (Å²) in [6, 6.07) is 16.1. The summed E-state index contributed by atoms with van der Waals surface area (Å²) in [5.74, 6) is 0.837. The lowest BCUT2D eigenvalue weighted by Gasteiger charge is -2.25. The van der Waals surface area contributed by atoms with Crippen molar-refractivity contribution in [2.45, 2.75) is 13.0 Å². The normalized spacial score (nSPS) is 15.6. The van der Waals surface area contributed by atoms with Crippen LogP contribution in [0.4, 0.5) is 0 Å². The molecule has 29 heavy (non-hydrogen) atoms. The highest BCUT2D eigenvalue weighted by Crippen LogP contribution is 2.34. The first-order valence-corrected chi connectivity index (χ1v) is 9.23. The standard InChI is InChI=1S/C23H21N3O3/c1-15-13-18(5-8-22(15)27)20-14-21(16-3-6-19(29-2)7-4-16)26(25-20)23(28)17-9-11-24-12-10-17/h3-14,21,25,27H,1-2H3. The van der Waals surface area contributed by atoms with Gasteiger partial charge < -0.3 is 9.84 Å². The first-order chi connectivity index (χ1) is 14.1. The number of aromatic nitrogens is 1. The molecular formula is C23H21N3O3. The Bertz CT molecular complexity index is 1060. The summed E-state index contributed by atoms with van der Waals surface area (Å²) in [6.45, 7) is 1.84. The van der Waals surface area contributed by atoms with E-state index in [1.165, 1.54) is 0 Å². The Hall–Kier alpha value is -3.80. The number of pyridine rings is 1. The third kappa shape index (κ3) is 3.65. The van der Waals surface area contributed by atoms with Crippen molar-refractivity contribution >= 4 is 11.6 Å². The molecule has 6 heteroatoms. The molecule has 2 N–H and O–H groups in total. The first kappa shape index (κ1) is 18.6. The highest BCUT2D eigenvalue weighted by atomic mass is 16.5. The molecule has 0 saturated heterocycles. The van der Waals surface area contributed by atoms with Gasteiger partial charge in [-0.2, -0.15) is 0 Å². The van der Waals surface area contributed by atoms with Gasteiger partial charge in [0.05, 0.1) is 18.8 Å². The average Bonchev–Trinajstić information content (AvgIpc) is 3.21. The maximum Gasteiger partial charge on any atom is 0.273 e. The molecule has 1 unspecified atom stereocenters. The third-order valence-electron chi connectivity index (χ3n) is 4.95. The summed E-state index contributed by atoms with van der Waals surface area (Å²) in [4.78, 5) is 17.2. The van der Waals surface area contributed by atoms with Gasteiger partial charge in [0.25, 0.3) is 5.91 Å². The number of hydrogen-bond donors (Lipinski definition) is 2. The molecule has 1 aromatic heterocycles. The molecule has 6 nitrogen and oxygen atoms in total. The minimum atomic E-state index is -0.300. The third-order valence-corrected chi connectivity index (χ3v) is 4.95. The Kier molecular flexibility index (Phi) is 4.91. The predicted molar refractivity (Wildman–Crippen MR) is 110 cm³/mol. The van der Waals surface area contributed by atoms with E-state index in [4.69, 9.17) is 4.74 Å². The number of hydrogen-bond acceptors (Lipinski definition) is 5. The Balaban J connectivity index is 1.73. The van der Waals surface area contributed by atoms with Gasteiger partial charge in [-0.05, 0) is 72.2 Å². The number of amides is 1. The van der Waals surface area contributed by atoms with Gasteiger partial charge in [-0.25, -0.2) is 5.01 Å². The number of nitrogens with zero attached hydrogens (tertiary/aromatic N) is 2. The topological polar surface area (TPSA) is 74.7 Å². The van der Waals surface area contributed by atoms with Crippen molar-refractivity contribution in [1.29, 1.82) is 0 Å². The minimum Gasteiger partial charge on any atom is -0.508 e. The van der Waals surface area contributed by atoms with E-state index in [9.17, 15) is 9.90 Å². The zero-order chi connectivity index (χ0) is 20.4. The van der Waals surface area contributed by atoms with Crippen LogP contribution < -0.4 is 10.2 Å². The number of phenolic OH excluding ortho intramolecular Hbond substituents is 1. The highest BCUT2D eigenvalue weighted by molar-refractivity contribution is 5.95. The number of ether oxygens (including phenoxy) is 1. The van der Waals surface area contributed by atoms with E-state index in [1.54, 1.807) is 42.7 Å². The number of methoxy groups -OCH3 is 1. The highest BCUT2D eigenvalue weighted by Gasteiger charge is 2.31. The molecule has 0 bridgehead atoms. The fraction of sp³-hybridized carbons (Fsp3) is 0.130. The van der Waals surface area contributed by atoms with Crippen molar-refractivity contribution < 1.29 is 14.6 Å². The van der Waals surface area contributed by atoms with Crippen LogP contribution in [0.15, 0.2) is 73.1 Å². The average molecular weight is 387 g/mol. The van der Waals surface area contributed by atoms with Gasteiger partial charge in [0.15, 0.2) is 0 Å². The number of aryl methyl sites for hydroxylation is 1. The quantitative estimate of drug-likeness (QED) is 0.711. The predicted octanol–water partition coefficient (Wildman–Crippen LogP) is 3.85. The summed E-state index contributed by atoms with van der Waals surface area (Å²) < 4.78 is 5.25. The number of benzene rings is 2. The van der Waals surface area contributed by atoms with Crippen LogP contribution in [0.1, 0.15) is 33.1 Å². The summed E-state index contributed by atoms with van der Waals surface area (Å²) >= 11 is 0. The molecule has 1 atom stereocenters. The Labute approximate surface area is 169 Å². The molecule has 0 aliphatic carbocycles. The number of hydrazine groups is 1. The zero-order valence-corrected chi connectivity index (χ0v) is 16.2. The van der Waals surface area contributed by atoms with Crippen LogP contribution in [-0.4, -0.2) is 28.1 Å². The van der Waals surface area contributed by atoms with Crippen LogP contribution in [-0.2, 0) is 0 Å². The maximum absolute atomic E-state index is 13.2. The molecule has 0 spiro atoms. The SMILES string of the molecule is COc1ccc(C2C=C(c3ccc(O)c(C)c3)NN2C(=O)c2ccncc2)cc1. The second-order valence-electron chi connectivity index (χ2n) is 6.82. The second kappa shape index (κ2) is 7.67. The smallest absolute Gasteiger partial charge is 0.273 e. The zero-order valence-electron chi connectivity index (χ0n) is 16.2. The molecule has 1 aliphatic heterocycles. The van der Waals surface area contributed by atoms with Gasteiger partial charge in [-0.15, -0.1) is 0 Å². The van der Waals surface area contributed by atoms with E-state index in [2.05, 4.69) is 10.4 Å². The molecule has 146 valence electrons. The van der Waals surface area contributed by atoms with E-state index < -0.39 is 0 Å². The molecular weight excluding hydrogens is 366 g/mol. The maximum atomic E-state index is 13.2. The molecule has 1 aliphatic rings. The fourth-order valence-electron chi connectivity index (χ4n) is 3.31. The van der Waals surface area contributed by atoms with Crippen LogP contribution in [0.5, 0.6) is 11.5 Å². The van der Waals surface area contributed by atoms with Crippen LogP contribution in [0, 0.1) is 6.92 Å². The molecule has 0 radical (unpaired) electrons. The molecule has 4 rings (SSSR count). The molecule has 1 amide bonds. The minimum absolute atomic E-state index is 0.157. The van der Waals surface area contributed by atoms with Crippen molar-refractivity contribution in [2.75, 3.05) is 7.11 Å². The molecule has 0 fully saturated rings. The van der Waals surface area contributed by atoms with Crippen LogP contribution >= 0.6 is 0 Å². The lowest BCUT2D eigenvalue weighted by Crippen LogP contribution is -2.39. The van der Waals surface area contributed by atoms with E-state index >= 15 is 0 Å². The number of nitrogens with one attached hydrogen (secondary N) is 1. The summed E-state index contributed by atoms with van der Waals surface area (Å²) in [6.07, 6.45) is 5.21. The number of phenols is 1. The number of aromatic hydroxyl groups is 1. The largest absolute Gasteiger partial charge is 0.508 e. The van der Waals surface area contributed by atoms with Gasteiger partial charge in [0, 0.05) is 18.0 Å². The summed E-state index contributed by atoms with van der Waals surface area (Å²) in [7, 11) is 1.62. The van der Waals surface area contributed by atoms with Gasteiger partial charge in [0.1, 0.15) is 11.5 Å². The second-order valence-corrected chi connectivity index (χ2v) is 6.82. The van der Waals surface area contributed by atoms with Gasteiger partial charge >= 0.3 is 0 Å². The first-order valence-electron chi connectivity index (χ1n) is 9.23. The number of carbonyl (C=O) groups excluding carboxylic acids is 1. The Morgan fingerprint density at radius 1 is 1.10 bits per heavy atom. The fourth-order valence-corrected chi connectivity index (χ4v) is 3.31. The van der Waals surface area contributed by atoms with Gasteiger partial charge in [-0.3, -0.25) is 15.2 Å². The van der Waals surface area contributed by atoms with Gasteiger partial charge in [-0.1, -0.05) is 12.1 Å². The van der Waals surface area contributed by atoms with Crippen LogP contribution in [0.2, 0.25) is 0 Å². The van der Waals surface area contributed by atoms with Crippen molar-refractivity contribution in [2.24, 2.45) is 0 Å². The Morgan fingerprint density at radius 3 is 2.48 bits per heavy atom. The van der Waals surface area contributed by atoms with E-state index in [1.807, 2.05) is 49.4 Å². The number of rotatable bonds is 4. The summed E-state index contributed by atoms with van der Waals surface area (Å²) in [5, 5.41) is 11.4. The van der Waals surface area contributed by atoms with E-state index in [-0.39, 0.29) is 17.7 Å². The Morgan fingerprint density at radius 2 is 1.83 bits per heavy atom. The molecule has 0 saturated carbocycles. The number of carbonyl (C=O) groups is 1. The summed E-state index contributed by atoms with van der Waals surface area (Å²) in [5.41, 5.74) is 7.20. The van der Waals surface area contributed by atoms with Crippen molar-refractivity contribution in [1.82, 2.24) is 15.4 Å².